The summed E-state index contributed by atoms with van der Waals surface area (Å²) in [6.07, 6.45) is 0.854. The zero-order chi connectivity index (χ0) is 35.9. The van der Waals surface area contributed by atoms with Gasteiger partial charge in [-0.1, -0.05) is 18.2 Å². The number of piperazine rings is 2. The first-order chi connectivity index (χ1) is 25.2. The summed E-state index contributed by atoms with van der Waals surface area (Å²) >= 11 is 0. The quantitative estimate of drug-likeness (QED) is 0.176. The lowest BCUT2D eigenvalue weighted by atomic mass is 9.89. The van der Waals surface area contributed by atoms with Crippen molar-refractivity contribution < 1.29 is 28.4 Å². The summed E-state index contributed by atoms with van der Waals surface area (Å²) < 4.78 is 9.17. The van der Waals surface area contributed by atoms with Crippen LogP contribution in [0.2, 0.25) is 0 Å². The number of piperidine rings is 1. The van der Waals surface area contributed by atoms with Crippen molar-refractivity contribution in [1.82, 2.24) is 24.3 Å². The van der Waals surface area contributed by atoms with E-state index in [0.717, 1.165) is 96.8 Å². The number of rotatable bonds is 5. The normalized spacial score (nSPS) is 19.7. The number of nitrogens with zero attached hydrogens (tertiary/aromatic N) is 6. The number of carbonyl (C=O) groups excluding carboxylic acids is 4. The van der Waals surface area contributed by atoms with E-state index in [2.05, 4.69) is 69.8 Å². The summed E-state index contributed by atoms with van der Waals surface area (Å²) in [5.74, 6) is -1.45. The highest BCUT2D eigenvalue weighted by Gasteiger charge is 2.37. The Morgan fingerprint density at radius 2 is 1.46 bits per heavy atom. The molecule has 4 fully saturated rings. The zero-order valence-corrected chi connectivity index (χ0v) is 29.9. The third-order valence-corrected chi connectivity index (χ3v) is 11.2. The van der Waals surface area contributed by atoms with Gasteiger partial charge in [-0.3, -0.25) is 19.3 Å². The second kappa shape index (κ2) is 14.2. The Bertz CT molecular complexity index is 2070. The maximum Gasteiger partial charge on any atom is 0.336 e. The Kier molecular flexibility index (Phi) is 9.27. The smallest absolute Gasteiger partial charge is 0.336 e. The molecule has 3 amide bonds. The molecule has 5 heterocycles. The van der Waals surface area contributed by atoms with Gasteiger partial charge >= 0.3 is 5.97 Å². The fourth-order valence-corrected chi connectivity index (χ4v) is 7.88. The van der Waals surface area contributed by atoms with Gasteiger partial charge in [-0.05, 0) is 56.8 Å². The van der Waals surface area contributed by atoms with Crippen molar-refractivity contribution >= 4 is 40.3 Å². The monoisotopic (exact) mass is 705 g/mol. The topological polar surface area (TPSA) is 110 Å². The molecule has 52 heavy (non-hydrogen) atoms. The van der Waals surface area contributed by atoms with Crippen LogP contribution in [0.5, 0.6) is 0 Å². The molecule has 1 aliphatic carbocycles. The molecule has 0 radical (unpaired) electrons. The Morgan fingerprint density at radius 3 is 2.19 bits per heavy atom. The number of hydrogen-bond donors (Lipinski definition) is 0. The van der Waals surface area contributed by atoms with E-state index in [4.69, 9.17) is 9.25 Å². The van der Waals surface area contributed by atoms with E-state index < -0.39 is 23.7 Å². The summed E-state index contributed by atoms with van der Waals surface area (Å²) in [5.41, 5.74) is 5.18. The largest absolute Gasteiger partial charge is 0.456 e. The molecule has 5 aliphatic heterocycles. The van der Waals surface area contributed by atoms with Crippen molar-refractivity contribution in [2.24, 2.45) is 5.92 Å². The average Bonchev–Trinajstić information content (AvgIpc) is 3.49. The molecular formula is C40H45N6O6+. The molecule has 0 N–H and O–H groups in total. The number of anilines is 1. The van der Waals surface area contributed by atoms with Crippen molar-refractivity contribution in [3.63, 3.8) is 0 Å². The molecule has 12 heteroatoms. The molecule has 0 bridgehead atoms. The van der Waals surface area contributed by atoms with E-state index >= 15 is 0 Å². The minimum atomic E-state index is -0.603. The number of carbonyl (C=O) groups is 4. The summed E-state index contributed by atoms with van der Waals surface area (Å²) in [4.78, 5) is 65.2. The van der Waals surface area contributed by atoms with Gasteiger partial charge in [0.15, 0.2) is 13.1 Å². The Hall–Kier alpha value is -5.07. The fourth-order valence-electron chi connectivity index (χ4n) is 7.88. The molecule has 0 saturated carbocycles. The highest BCUT2D eigenvalue weighted by atomic mass is 16.7. The van der Waals surface area contributed by atoms with Crippen LogP contribution in [-0.4, -0.2) is 123 Å². The molecule has 2 aromatic rings. The summed E-state index contributed by atoms with van der Waals surface area (Å²) in [5, 5.41) is 2.65. The SMILES string of the molecule is CN1CCN(c2ccc3c(-c4ccccc4C(=O)N4CCC(C(=O)ON5C(=O)CCC5=O)CC4)c4ccc(=[N+]5CCN(C)CC5)cc-4oc3c2)CC1. The van der Waals surface area contributed by atoms with Gasteiger partial charge in [-0.2, -0.15) is 0 Å². The van der Waals surface area contributed by atoms with E-state index in [-0.39, 0.29) is 18.7 Å². The third kappa shape index (κ3) is 6.56. The van der Waals surface area contributed by atoms with Gasteiger partial charge in [0.25, 0.3) is 17.7 Å². The van der Waals surface area contributed by atoms with Crippen molar-refractivity contribution in [2.45, 2.75) is 25.7 Å². The number of likely N-dealkylation sites (tertiary alicyclic amines) is 1. The number of benzene rings is 3. The second-order valence-corrected chi connectivity index (χ2v) is 14.5. The zero-order valence-electron chi connectivity index (χ0n) is 29.9. The van der Waals surface area contributed by atoms with Crippen molar-refractivity contribution in [3.05, 3.63) is 71.6 Å². The first-order valence-corrected chi connectivity index (χ1v) is 18.4. The minimum absolute atomic E-state index is 0.0490. The summed E-state index contributed by atoms with van der Waals surface area (Å²) in [6, 6.07) is 20.6. The molecule has 6 aliphatic rings. The molecule has 0 unspecified atom stereocenters. The van der Waals surface area contributed by atoms with Crippen molar-refractivity contribution in [3.8, 4) is 22.5 Å². The minimum Gasteiger partial charge on any atom is -0.456 e. The standard InChI is InChI=1S/C40H45N6O6/c1-41-17-21-43(22-18-41)28-7-9-32-34(25-28)51-35-26-29(44-23-19-42(2)20-24-44)8-10-33(35)38(32)30-5-3-4-6-31(30)39(49)45-15-13-27(14-16-45)40(50)52-46-36(47)11-12-37(46)48/h3-10,25-27H,11-24H2,1-2H3/q+1. The van der Waals surface area contributed by atoms with Crippen LogP contribution in [0, 0.1) is 5.92 Å². The first-order valence-electron chi connectivity index (χ1n) is 18.4. The van der Waals surface area contributed by atoms with Crippen LogP contribution in [0.3, 0.4) is 0 Å². The lowest BCUT2D eigenvalue weighted by Gasteiger charge is -2.34. The highest BCUT2D eigenvalue weighted by molar-refractivity contribution is 6.09. The molecular weight excluding hydrogens is 660 g/mol. The first kappa shape index (κ1) is 34.0. The molecule has 2 aromatic carbocycles. The number of fused-ring (bicyclic) bond motifs is 2. The number of likely N-dealkylation sites (N-methyl/N-ethyl adjacent to an activating group) is 2. The van der Waals surface area contributed by atoms with Crippen LogP contribution < -0.4 is 14.8 Å². The van der Waals surface area contributed by atoms with Gasteiger partial charge < -0.3 is 24.0 Å². The number of amides is 3. The van der Waals surface area contributed by atoms with Crippen molar-refractivity contribution in [2.75, 3.05) is 84.4 Å². The predicted octanol–water partition coefficient (Wildman–Crippen LogP) is 3.13. The van der Waals surface area contributed by atoms with Gasteiger partial charge in [0.05, 0.1) is 25.1 Å². The lowest BCUT2D eigenvalue weighted by molar-refractivity contribution is -0.201. The van der Waals surface area contributed by atoms with Crippen LogP contribution in [0.15, 0.2) is 65.1 Å². The lowest BCUT2D eigenvalue weighted by Crippen LogP contribution is -2.46. The van der Waals surface area contributed by atoms with Crippen LogP contribution >= 0.6 is 0 Å². The fraction of sp³-hybridized carbons (Fsp3) is 0.425. The molecule has 0 aromatic heterocycles. The number of imide groups is 1. The van der Waals surface area contributed by atoms with E-state index in [1.54, 1.807) is 4.90 Å². The molecule has 8 rings (SSSR count). The van der Waals surface area contributed by atoms with Crippen molar-refractivity contribution in [1.29, 1.82) is 0 Å². The Balaban J connectivity index is 1.14. The second-order valence-electron chi connectivity index (χ2n) is 14.5. The summed E-state index contributed by atoms with van der Waals surface area (Å²) in [6.45, 7) is 8.46. The maximum absolute atomic E-state index is 14.3. The summed E-state index contributed by atoms with van der Waals surface area (Å²) in [7, 11) is 4.31. The third-order valence-electron chi connectivity index (χ3n) is 11.2. The Morgan fingerprint density at radius 1 is 0.769 bits per heavy atom. The molecule has 270 valence electrons. The van der Waals surface area contributed by atoms with Crippen LogP contribution in [0.4, 0.5) is 5.69 Å². The van der Waals surface area contributed by atoms with E-state index in [0.29, 0.717) is 36.6 Å². The Labute approximate surface area is 302 Å². The van der Waals surface area contributed by atoms with E-state index in [1.807, 2.05) is 24.3 Å². The van der Waals surface area contributed by atoms with Gasteiger partial charge in [-0.25, -0.2) is 9.37 Å². The molecule has 4 saturated heterocycles. The number of hydrogen-bond acceptors (Lipinski definition) is 9. The van der Waals surface area contributed by atoms with Gasteiger partial charge in [0.1, 0.15) is 11.3 Å². The van der Waals surface area contributed by atoms with Gasteiger partial charge in [-0.15, -0.1) is 5.06 Å². The van der Waals surface area contributed by atoms with Gasteiger partial charge in [0.2, 0.25) is 5.36 Å². The van der Waals surface area contributed by atoms with E-state index in [1.165, 1.54) is 0 Å². The maximum atomic E-state index is 14.3. The highest BCUT2D eigenvalue weighted by Crippen LogP contribution is 2.42. The molecule has 0 atom stereocenters. The van der Waals surface area contributed by atoms with Crippen LogP contribution in [0.1, 0.15) is 36.0 Å². The predicted molar refractivity (Wildman–Crippen MR) is 196 cm³/mol. The van der Waals surface area contributed by atoms with Crippen LogP contribution in [-0.2, 0) is 19.2 Å². The van der Waals surface area contributed by atoms with E-state index in [9.17, 15) is 19.2 Å². The van der Waals surface area contributed by atoms with Gasteiger partial charge in [0, 0.05) is 92.0 Å². The molecule has 0 spiro atoms. The average molecular weight is 706 g/mol. The molecule has 12 nitrogen and oxygen atoms in total. The van der Waals surface area contributed by atoms with Crippen LogP contribution in [0.25, 0.3) is 33.4 Å². The number of hydroxylamine groups is 2.